The van der Waals surface area contributed by atoms with Crippen molar-refractivity contribution in [2.75, 3.05) is 5.73 Å². The Morgan fingerprint density at radius 3 is 2.62 bits per heavy atom. The lowest BCUT2D eigenvalue weighted by atomic mass is 9.92. The third-order valence-corrected chi connectivity index (χ3v) is 5.19. The van der Waals surface area contributed by atoms with E-state index in [2.05, 4.69) is 31.5 Å². The van der Waals surface area contributed by atoms with Crippen LogP contribution in [-0.2, 0) is 9.59 Å². The highest BCUT2D eigenvalue weighted by atomic mass is 16.3. The molecule has 1 amide bonds. The number of phenolic OH excluding ortho intramolecular Hbond substituents is 1. The first-order valence-electron chi connectivity index (χ1n) is 10.4. The number of hydrogen-bond donors (Lipinski definition) is 3. The Balaban J connectivity index is 2.49. The lowest BCUT2D eigenvalue weighted by Crippen LogP contribution is -2.18. The van der Waals surface area contributed by atoms with Crippen molar-refractivity contribution in [2.24, 2.45) is 5.92 Å². The Kier molecular flexibility index (Phi) is 9.23. The second kappa shape index (κ2) is 12.1. The summed E-state index contributed by atoms with van der Waals surface area (Å²) in [4.78, 5) is 23.3. The third-order valence-electron chi connectivity index (χ3n) is 5.19. The van der Waals surface area contributed by atoms with Crippen LogP contribution in [0.1, 0.15) is 48.1 Å². The van der Waals surface area contributed by atoms with Crippen molar-refractivity contribution >= 4 is 36.1 Å². The number of benzene rings is 2. The maximum Gasteiger partial charge on any atom is 0.207 e. The normalized spacial score (nSPS) is 13.3. The van der Waals surface area contributed by atoms with E-state index in [0.29, 0.717) is 34.7 Å². The van der Waals surface area contributed by atoms with Crippen LogP contribution in [0.15, 0.2) is 67.8 Å². The molecule has 0 aliphatic carbocycles. The Morgan fingerprint density at radius 1 is 1.22 bits per heavy atom. The molecule has 2 aromatic carbocycles. The summed E-state index contributed by atoms with van der Waals surface area (Å²) in [6, 6.07) is 9.44. The molecule has 0 heterocycles. The molecule has 5 nitrogen and oxygen atoms in total. The van der Waals surface area contributed by atoms with Gasteiger partial charge in [0.25, 0.3) is 0 Å². The van der Waals surface area contributed by atoms with Gasteiger partial charge in [0.15, 0.2) is 0 Å². The zero-order chi connectivity index (χ0) is 23.5. The van der Waals surface area contributed by atoms with Crippen LogP contribution in [0.25, 0.3) is 17.7 Å². The molecule has 4 N–H and O–H groups in total. The van der Waals surface area contributed by atoms with E-state index in [0.717, 1.165) is 30.3 Å². The zero-order valence-electron chi connectivity index (χ0n) is 18.3. The molecule has 2 rings (SSSR count). The van der Waals surface area contributed by atoms with Gasteiger partial charge in [0.1, 0.15) is 12.0 Å². The molecule has 0 radical (unpaired) electrons. The largest absolute Gasteiger partial charge is 0.508 e. The van der Waals surface area contributed by atoms with Gasteiger partial charge in [-0.25, -0.2) is 0 Å². The van der Waals surface area contributed by atoms with Gasteiger partial charge in [0.05, 0.1) is 6.04 Å². The number of allylic oxidation sites excluding steroid dienone is 3. The SMILES string of the molecule is C=Cc1c(/C=C/CCC(C)C=C)cc(N)cc1/C(C=O)=C/C(NC=O)c1cccc(O)c1. The fourth-order valence-electron chi connectivity index (χ4n) is 3.39. The number of carbonyl (C=O) groups is 2. The summed E-state index contributed by atoms with van der Waals surface area (Å²) >= 11 is 0. The van der Waals surface area contributed by atoms with Crippen LogP contribution in [-0.4, -0.2) is 17.8 Å². The Labute approximate surface area is 189 Å². The molecule has 0 aliphatic heterocycles. The molecule has 0 bridgehead atoms. The highest BCUT2D eigenvalue weighted by Crippen LogP contribution is 2.30. The smallest absolute Gasteiger partial charge is 0.207 e. The monoisotopic (exact) mass is 430 g/mol. The average molecular weight is 431 g/mol. The van der Waals surface area contributed by atoms with Gasteiger partial charge in [0, 0.05) is 11.3 Å². The van der Waals surface area contributed by atoms with Crippen LogP contribution in [0, 0.1) is 5.92 Å². The van der Waals surface area contributed by atoms with Gasteiger partial charge >= 0.3 is 0 Å². The van der Waals surface area contributed by atoms with Crippen molar-refractivity contribution in [3.05, 3.63) is 90.0 Å². The minimum Gasteiger partial charge on any atom is -0.508 e. The topological polar surface area (TPSA) is 92.4 Å². The van der Waals surface area contributed by atoms with Crippen molar-refractivity contribution < 1.29 is 14.7 Å². The maximum atomic E-state index is 12.1. The number of aldehydes is 1. The van der Waals surface area contributed by atoms with Crippen LogP contribution < -0.4 is 11.1 Å². The van der Waals surface area contributed by atoms with Crippen molar-refractivity contribution in [3.63, 3.8) is 0 Å². The molecule has 0 spiro atoms. The van der Waals surface area contributed by atoms with Crippen LogP contribution in [0.5, 0.6) is 5.75 Å². The maximum absolute atomic E-state index is 12.1. The molecule has 32 heavy (non-hydrogen) atoms. The molecule has 2 atom stereocenters. The first kappa shape index (κ1) is 24.4. The summed E-state index contributed by atoms with van der Waals surface area (Å²) in [7, 11) is 0. The molecule has 0 aliphatic rings. The van der Waals surface area contributed by atoms with Crippen molar-refractivity contribution in [3.8, 4) is 5.75 Å². The summed E-state index contributed by atoms with van der Waals surface area (Å²) < 4.78 is 0. The number of nitrogens with one attached hydrogen (secondary N) is 1. The summed E-state index contributed by atoms with van der Waals surface area (Å²) in [5.74, 6) is 0.495. The lowest BCUT2D eigenvalue weighted by molar-refractivity contribution is -0.110. The third kappa shape index (κ3) is 6.57. The van der Waals surface area contributed by atoms with Gasteiger partial charge in [-0.05, 0) is 71.4 Å². The quantitative estimate of drug-likeness (QED) is 0.184. The molecule has 0 saturated carbocycles. The summed E-state index contributed by atoms with van der Waals surface area (Å²) in [5.41, 5.74) is 9.88. The number of carbonyl (C=O) groups excluding carboxylic acids is 2. The number of aromatic hydroxyl groups is 1. The van der Waals surface area contributed by atoms with E-state index in [1.165, 1.54) is 12.1 Å². The number of phenols is 1. The van der Waals surface area contributed by atoms with E-state index in [-0.39, 0.29) is 5.75 Å². The Hall–Kier alpha value is -3.86. The van der Waals surface area contributed by atoms with Gasteiger partial charge in [-0.15, -0.1) is 6.58 Å². The molecule has 0 aromatic heterocycles. The van der Waals surface area contributed by atoms with E-state index >= 15 is 0 Å². The van der Waals surface area contributed by atoms with Crippen LogP contribution in [0.4, 0.5) is 5.69 Å². The fourth-order valence-corrected chi connectivity index (χ4v) is 3.39. The Morgan fingerprint density at radius 2 is 2.00 bits per heavy atom. The predicted octanol–water partition coefficient (Wildman–Crippen LogP) is 5.30. The number of hydrogen-bond acceptors (Lipinski definition) is 4. The van der Waals surface area contributed by atoms with Crippen LogP contribution >= 0.6 is 0 Å². The number of rotatable bonds is 12. The molecule has 0 saturated heterocycles. The van der Waals surface area contributed by atoms with Gasteiger partial charge < -0.3 is 16.2 Å². The summed E-state index contributed by atoms with van der Waals surface area (Å²) in [6.45, 7) is 9.84. The molecule has 2 aromatic rings. The molecule has 166 valence electrons. The molecule has 5 heteroatoms. The van der Waals surface area contributed by atoms with E-state index in [1.807, 2.05) is 18.2 Å². The van der Waals surface area contributed by atoms with Crippen LogP contribution in [0.2, 0.25) is 0 Å². The summed E-state index contributed by atoms with van der Waals surface area (Å²) in [6.07, 6.45) is 12.5. The number of nitrogens with two attached hydrogens (primary N) is 1. The minimum atomic E-state index is -0.613. The highest BCUT2D eigenvalue weighted by molar-refractivity contribution is 6.09. The number of anilines is 1. The number of amides is 1. The van der Waals surface area contributed by atoms with Gasteiger partial charge in [0.2, 0.25) is 6.41 Å². The van der Waals surface area contributed by atoms with Crippen molar-refractivity contribution in [1.29, 1.82) is 0 Å². The first-order chi connectivity index (χ1) is 15.4. The van der Waals surface area contributed by atoms with E-state index in [9.17, 15) is 14.7 Å². The number of nitrogen functional groups attached to an aromatic ring is 1. The molecular weight excluding hydrogens is 400 g/mol. The van der Waals surface area contributed by atoms with Gasteiger partial charge in [-0.1, -0.05) is 49.9 Å². The summed E-state index contributed by atoms with van der Waals surface area (Å²) in [5, 5.41) is 12.5. The van der Waals surface area contributed by atoms with Crippen molar-refractivity contribution in [2.45, 2.75) is 25.8 Å². The fraction of sp³-hybridized carbons (Fsp3) is 0.185. The van der Waals surface area contributed by atoms with E-state index in [1.54, 1.807) is 30.4 Å². The highest BCUT2D eigenvalue weighted by Gasteiger charge is 2.15. The zero-order valence-corrected chi connectivity index (χ0v) is 18.3. The Bertz CT molecular complexity index is 1040. The second-order valence-electron chi connectivity index (χ2n) is 7.57. The predicted molar refractivity (Wildman–Crippen MR) is 133 cm³/mol. The minimum absolute atomic E-state index is 0.0650. The molecular formula is C27H30N2O3. The van der Waals surface area contributed by atoms with Crippen molar-refractivity contribution in [1.82, 2.24) is 5.32 Å². The lowest BCUT2D eigenvalue weighted by Gasteiger charge is -2.16. The van der Waals surface area contributed by atoms with Crippen LogP contribution in [0.3, 0.4) is 0 Å². The van der Waals surface area contributed by atoms with Gasteiger partial charge in [-0.3, -0.25) is 9.59 Å². The second-order valence-corrected chi connectivity index (χ2v) is 7.57. The molecule has 0 fully saturated rings. The first-order valence-corrected chi connectivity index (χ1v) is 10.4. The molecule has 2 unspecified atom stereocenters. The van der Waals surface area contributed by atoms with E-state index < -0.39 is 6.04 Å². The van der Waals surface area contributed by atoms with Gasteiger partial charge in [-0.2, -0.15) is 0 Å². The standard InChI is InChI=1S/C27H30N2O3/c1-4-19(3)9-6-7-10-20-13-23(28)16-26(25(20)5-2)22(17-30)15-27(29-18-31)21-11-8-12-24(32)14-21/h4-5,7-8,10-19,27,32H,1-2,6,9,28H2,3H3,(H,29,31)/b10-7+,22-15+. The average Bonchev–Trinajstić information content (AvgIpc) is 2.78. The van der Waals surface area contributed by atoms with E-state index in [4.69, 9.17) is 5.73 Å².